The van der Waals surface area contributed by atoms with E-state index in [1.165, 1.54) is 0 Å². The molecule has 98 valence electrons. The Kier molecular flexibility index (Phi) is 3.12. The van der Waals surface area contributed by atoms with Gasteiger partial charge in [0.1, 0.15) is 4.90 Å². The Labute approximate surface area is 105 Å². The van der Waals surface area contributed by atoms with Crippen LogP contribution in [0, 0.1) is 13.8 Å². The van der Waals surface area contributed by atoms with Crippen LogP contribution in [0.3, 0.4) is 0 Å². The maximum atomic E-state index is 12.2. The van der Waals surface area contributed by atoms with Crippen molar-refractivity contribution in [3.8, 4) is 0 Å². The summed E-state index contributed by atoms with van der Waals surface area (Å²) in [7, 11) is -3.65. The van der Waals surface area contributed by atoms with Crippen molar-refractivity contribution in [1.82, 2.24) is 20.4 Å². The van der Waals surface area contributed by atoms with Crippen LogP contribution in [-0.4, -0.2) is 28.8 Å². The van der Waals surface area contributed by atoms with E-state index in [-0.39, 0.29) is 10.7 Å². The van der Waals surface area contributed by atoms with Gasteiger partial charge in [0.2, 0.25) is 0 Å². The molecule has 0 fully saturated rings. The van der Waals surface area contributed by atoms with Crippen LogP contribution in [0.4, 0.5) is 5.82 Å². The molecule has 7 nitrogen and oxygen atoms in total. The second kappa shape index (κ2) is 4.45. The van der Waals surface area contributed by atoms with E-state index in [1.807, 2.05) is 6.92 Å². The minimum atomic E-state index is -3.65. The van der Waals surface area contributed by atoms with Gasteiger partial charge in [0.25, 0.3) is 10.0 Å². The smallest absolute Gasteiger partial charge is 0.266 e. The Morgan fingerprint density at radius 1 is 1.28 bits per heavy atom. The van der Waals surface area contributed by atoms with Gasteiger partial charge in [-0.15, -0.1) is 0 Å². The van der Waals surface area contributed by atoms with Crippen molar-refractivity contribution < 1.29 is 8.42 Å². The molecule has 0 saturated heterocycles. The molecule has 0 unspecified atom stereocenters. The fourth-order valence-corrected chi connectivity index (χ4v) is 3.09. The average Bonchev–Trinajstić information content (AvgIpc) is 2.85. The molecule has 0 aromatic carbocycles. The Morgan fingerprint density at radius 2 is 2.00 bits per heavy atom. The molecule has 0 bridgehead atoms. The molecule has 0 radical (unpaired) electrons. The number of hydrogen-bond donors (Lipinski definition) is 3. The summed E-state index contributed by atoms with van der Waals surface area (Å²) in [5.74, 6) is 0.284. The number of aryl methyl sites for hydroxylation is 3. The van der Waals surface area contributed by atoms with Crippen LogP contribution in [0.5, 0.6) is 0 Å². The van der Waals surface area contributed by atoms with E-state index in [1.54, 1.807) is 19.9 Å². The highest BCUT2D eigenvalue weighted by Gasteiger charge is 2.23. The zero-order chi connectivity index (χ0) is 13.3. The highest BCUT2D eigenvalue weighted by atomic mass is 32.2. The minimum Gasteiger partial charge on any atom is -0.281 e. The normalized spacial score (nSPS) is 11.7. The summed E-state index contributed by atoms with van der Waals surface area (Å²) in [5, 5.41) is 13.2. The molecule has 3 N–H and O–H groups in total. The largest absolute Gasteiger partial charge is 0.281 e. The van der Waals surface area contributed by atoms with Gasteiger partial charge in [0, 0.05) is 11.8 Å². The van der Waals surface area contributed by atoms with Crippen LogP contribution in [0.2, 0.25) is 0 Å². The highest BCUT2D eigenvalue weighted by Crippen LogP contribution is 2.20. The first-order chi connectivity index (χ1) is 8.44. The Morgan fingerprint density at radius 3 is 2.50 bits per heavy atom. The standard InChI is InChI=1S/C10H15N5O2S/c1-4-8-5-9(14-13-8)15-18(16,17)10-6(2)11-12-7(10)3/h5H,4H2,1-3H3,(H,11,12)(H2,13,14,15). The molecule has 2 rings (SSSR count). The van der Waals surface area contributed by atoms with Gasteiger partial charge < -0.3 is 0 Å². The second-order valence-electron chi connectivity index (χ2n) is 4.00. The third-order valence-corrected chi connectivity index (χ3v) is 4.20. The molecule has 0 atom stereocenters. The van der Waals surface area contributed by atoms with Gasteiger partial charge in [-0.25, -0.2) is 8.42 Å². The first kappa shape index (κ1) is 12.6. The van der Waals surface area contributed by atoms with Crippen LogP contribution in [0.15, 0.2) is 11.0 Å². The Bertz CT molecular complexity index is 636. The number of aromatic nitrogens is 4. The van der Waals surface area contributed by atoms with Crippen LogP contribution in [0.25, 0.3) is 0 Å². The number of H-pyrrole nitrogens is 2. The molecule has 0 aliphatic rings. The second-order valence-corrected chi connectivity index (χ2v) is 5.62. The third-order valence-electron chi connectivity index (χ3n) is 2.58. The molecule has 18 heavy (non-hydrogen) atoms. The van der Waals surface area contributed by atoms with E-state index in [0.717, 1.165) is 12.1 Å². The number of nitrogens with zero attached hydrogens (tertiary/aromatic N) is 2. The van der Waals surface area contributed by atoms with Crippen LogP contribution in [-0.2, 0) is 16.4 Å². The number of rotatable bonds is 4. The molecule has 0 aliphatic heterocycles. The first-order valence-electron chi connectivity index (χ1n) is 5.52. The molecule has 0 spiro atoms. The van der Waals surface area contributed by atoms with E-state index in [0.29, 0.717) is 11.4 Å². The maximum Gasteiger partial charge on any atom is 0.266 e. The number of nitrogens with one attached hydrogen (secondary N) is 3. The lowest BCUT2D eigenvalue weighted by Gasteiger charge is -2.04. The predicted molar refractivity (Wildman–Crippen MR) is 66.8 cm³/mol. The summed E-state index contributed by atoms with van der Waals surface area (Å²) in [6.07, 6.45) is 0.762. The summed E-state index contributed by atoms with van der Waals surface area (Å²) in [5.41, 5.74) is 1.81. The molecule has 2 aromatic heterocycles. The van der Waals surface area contributed by atoms with Gasteiger partial charge in [-0.05, 0) is 20.3 Å². The van der Waals surface area contributed by atoms with Crippen molar-refractivity contribution in [1.29, 1.82) is 0 Å². The SMILES string of the molecule is CCc1cc(NS(=O)(=O)c2c(C)n[nH]c2C)n[nH]1. The fraction of sp³-hybridized carbons (Fsp3) is 0.400. The quantitative estimate of drug-likeness (QED) is 0.773. The molecule has 0 aliphatic carbocycles. The van der Waals surface area contributed by atoms with Crippen LogP contribution >= 0.6 is 0 Å². The Hall–Kier alpha value is -1.83. The molecule has 2 aromatic rings. The lowest BCUT2D eigenvalue weighted by molar-refractivity contribution is 0.600. The lowest BCUT2D eigenvalue weighted by Crippen LogP contribution is -2.14. The van der Waals surface area contributed by atoms with E-state index < -0.39 is 10.0 Å². The number of hydrogen-bond acceptors (Lipinski definition) is 4. The van der Waals surface area contributed by atoms with Gasteiger partial charge >= 0.3 is 0 Å². The summed E-state index contributed by atoms with van der Waals surface area (Å²) in [4.78, 5) is 0.170. The van der Waals surface area contributed by atoms with Crippen molar-refractivity contribution in [2.75, 3.05) is 4.72 Å². The van der Waals surface area contributed by atoms with Gasteiger partial charge in [-0.2, -0.15) is 10.2 Å². The zero-order valence-corrected chi connectivity index (χ0v) is 11.2. The summed E-state index contributed by atoms with van der Waals surface area (Å²) < 4.78 is 26.8. The van der Waals surface area contributed by atoms with E-state index in [9.17, 15) is 8.42 Å². The first-order valence-corrected chi connectivity index (χ1v) is 7.01. The zero-order valence-electron chi connectivity index (χ0n) is 10.4. The number of anilines is 1. The van der Waals surface area contributed by atoms with Crippen molar-refractivity contribution in [2.45, 2.75) is 32.1 Å². The molecule has 2 heterocycles. The van der Waals surface area contributed by atoms with Crippen molar-refractivity contribution in [3.63, 3.8) is 0 Å². The van der Waals surface area contributed by atoms with Crippen molar-refractivity contribution >= 4 is 15.8 Å². The molecule has 0 saturated carbocycles. The predicted octanol–water partition coefficient (Wildman–Crippen LogP) is 1.11. The van der Waals surface area contributed by atoms with E-state index >= 15 is 0 Å². The third kappa shape index (κ3) is 2.23. The lowest BCUT2D eigenvalue weighted by atomic mass is 10.3. The monoisotopic (exact) mass is 269 g/mol. The van der Waals surface area contributed by atoms with E-state index in [2.05, 4.69) is 25.1 Å². The maximum absolute atomic E-state index is 12.2. The average molecular weight is 269 g/mol. The van der Waals surface area contributed by atoms with E-state index in [4.69, 9.17) is 0 Å². The minimum absolute atomic E-state index is 0.170. The molecular formula is C10H15N5O2S. The topological polar surface area (TPSA) is 104 Å². The van der Waals surface area contributed by atoms with Gasteiger partial charge in [0.15, 0.2) is 5.82 Å². The van der Waals surface area contributed by atoms with Crippen LogP contribution in [0.1, 0.15) is 24.0 Å². The summed E-state index contributed by atoms with van der Waals surface area (Å²) in [6, 6.07) is 1.67. The summed E-state index contributed by atoms with van der Waals surface area (Å²) >= 11 is 0. The van der Waals surface area contributed by atoms with Gasteiger partial charge in [0.05, 0.1) is 11.4 Å². The molecule has 0 amide bonds. The van der Waals surface area contributed by atoms with Crippen LogP contribution < -0.4 is 4.72 Å². The van der Waals surface area contributed by atoms with Crippen molar-refractivity contribution in [2.24, 2.45) is 0 Å². The van der Waals surface area contributed by atoms with Gasteiger partial charge in [-0.3, -0.25) is 14.9 Å². The van der Waals surface area contributed by atoms with Crippen molar-refractivity contribution in [3.05, 3.63) is 23.1 Å². The summed E-state index contributed by atoms with van der Waals surface area (Å²) in [6.45, 7) is 5.26. The molecular weight excluding hydrogens is 254 g/mol. The number of aromatic amines is 2. The fourth-order valence-electron chi connectivity index (χ4n) is 1.72. The van der Waals surface area contributed by atoms with Gasteiger partial charge in [-0.1, -0.05) is 6.92 Å². The number of sulfonamides is 1. The molecule has 8 heteroatoms. The highest BCUT2D eigenvalue weighted by molar-refractivity contribution is 7.92. The Balaban J connectivity index is 2.33.